The maximum absolute atomic E-state index is 12.5. The van der Waals surface area contributed by atoms with E-state index in [2.05, 4.69) is 10.6 Å². The van der Waals surface area contributed by atoms with Crippen LogP contribution >= 0.6 is 0 Å². The molecule has 0 spiro atoms. The number of hydrogen-bond acceptors (Lipinski definition) is 3. The molecule has 2 bridgehead atoms. The SMILES string of the molecule is O=C(Cc1cccc2ccccc12)N[C@@H](CO)C(=O)NC1CC2CCC1C2. The van der Waals surface area contributed by atoms with Crippen LogP contribution in [0.25, 0.3) is 10.8 Å². The molecule has 4 rings (SSSR count). The predicted octanol–water partition coefficient (Wildman–Crippen LogP) is 2.16. The summed E-state index contributed by atoms with van der Waals surface area (Å²) in [5.41, 5.74) is 0.913. The van der Waals surface area contributed by atoms with Crippen molar-refractivity contribution in [1.82, 2.24) is 10.6 Å². The van der Waals surface area contributed by atoms with Crippen molar-refractivity contribution in [2.75, 3.05) is 6.61 Å². The summed E-state index contributed by atoms with van der Waals surface area (Å²) in [7, 11) is 0. The Balaban J connectivity index is 1.37. The summed E-state index contributed by atoms with van der Waals surface area (Å²) in [6.07, 6.45) is 4.84. The van der Waals surface area contributed by atoms with Gasteiger partial charge >= 0.3 is 0 Å². The highest BCUT2D eigenvalue weighted by atomic mass is 16.3. The molecule has 0 aromatic heterocycles. The first-order valence-corrected chi connectivity index (χ1v) is 9.81. The van der Waals surface area contributed by atoms with Crippen LogP contribution in [-0.2, 0) is 16.0 Å². The Morgan fingerprint density at radius 3 is 2.63 bits per heavy atom. The van der Waals surface area contributed by atoms with Crippen molar-refractivity contribution in [3.8, 4) is 0 Å². The molecule has 2 fully saturated rings. The first-order chi connectivity index (χ1) is 13.1. The molecule has 0 radical (unpaired) electrons. The minimum atomic E-state index is -0.897. The third-order valence-corrected chi connectivity index (χ3v) is 6.13. The van der Waals surface area contributed by atoms with Gasteiger partial charge in [-0.2, -0.15) is 0 Å². The molecule has 2 saturated carbocycles. The van der Waals surface area contributed by atoms with Crippen LogP contribution in [0.5, 0.6) is 0 Å². The van der Waals surface area contributed by atoms with Gasteiger partial charge in [-0.25, -0.2) is 0 Å². The summed E-state index contributed by atoms with van der Waals surface area (Å²) in [6, 6.07) is 13.1. The molecule has 0 heterocycles. The zero-order valence-corrected chi connectivity index (χ0v) is 15.4. The van der Waals surface area contributed by atoms with Gasteiger partial charge in [0.15, 0.2) is 0 Å². The Morgan fingerprint density at radius 2 is 1.89 bits per heavy atom. The summed E-state index contributed by atoms with van der Waals surface area (Å²) >= 11 is 0. The molecule has 2 aliphatic carbocycles. The van der Waals surface area contributed by atoms with Crippen molar-refractivity contribution >= 4 is 22.6 Å². The molecule has 4 atom stereocenters. The lowest BCUT2D eigenvalue weighted by Gasteiger charge is -2.25. The van der Waals surface area contributed by atoms with Crippen LogP contribution in [-0.4, -0.2) is 35.6 Å². The van der Waals surface area contributed by atoms with Gasteiger partial charge in [0.2, 0.25) is 11.8 Å². The number of fused-ring (bicyclic) bond motifs is 3. The topological polar surface area (TPSA) is 78.4 Å². The predicted molar refractivity (Wildman–Crippen MR) is 104 cm³/mol. The Labute approximate surface area is 159 Å². The molecule has 2 aromatic carbocycles. The van der Waals surface area contributed by atoms with Crippen LogP contribution in [0.1, 0.15) is 31.2 Å². The van der Waals surface area contributed by atoms with Gasteiger partial charge in [0.05, 0.1) is 13.0 Å². The van der Waals surface area contributed by atoms with E-state index in [4.69, 9.17) is 0 Å². The molecule has 5 nitrogen and oxygen atoms in total. The fourth-order valence-corrected chi connectivity index (χ4v) is 4.76. The zero-order valence-electron chi connectivity index (χ0n) is 15.4. The molecule has 3 N–H and O–H groups in total. The van der Waals surface area contributed by atoms with E-state index in [0.29, 0.717) is 5.92 Å². The second-order valence-electron chi connectivity index (χ2n) is 7.91. The number of rotatable bonds is 6. The summed E-state index contributed by atoms with van der Waals surface area (Å²) in [5.74, 6) is 0.758. The quantitative estimate of drug-likeness (QED) is 0.733. The summed E-state index contributed by atoms with van der Waals surface area (Å²) in [5, 5.41) is 17.5. The summed E-state index contributed by atoms with van der Waals surface area (Å²) in [6.45, 7) is -0.395. The lowest BCUT2D eigenvalue weighted by atomic mass is 9.95. The second-order valence-corrected chi connectivity index (χ2v) is 7.91. The van der Waals surface area contributed by atoms with E-state index >= 15 is 0 Å². The minimum Gasteiger partial charge on any atom is -0.394 e. The van der Waals surface area contributed by atoms with E-state index < -0.39 is 12.6 Å². The van der Waals surface area contributed by atoms with Gasteiger partial charge in [-0.15, -0.1) is 0 Å². The van der Waals surface area contributed by atoms with Crippen molar-refractivity contribution in [3.05, 3.63) is 48.0 Å². The van der Waals surface area contributed by atoms with Gasteiger partial charge in [0.25, 0.3) is 0 Å². The van der Waals surface area contributed by atoms with Crippen LogP contribution < -0.4 is 10.6 Å². The van der Waals surface area contributed by atoms with Crippen molar-refractivity contribution in [3.63, 3.8) is 0 Å². The molecule has 142 valence electrons. The second kappa shape index (κ2) is 7.69. The molecule has 0 aliphatic heterocycles. The summed E-state index contributed by atoms with van der Waals surface area (Å²) in [4.78, 5) is 25.0. The Hall–Kier alpha value is -2.40. The molecule has 3 unspecified atom stereocenters. The normalized spacial score (nSPS) is 24.7. The van der Waals surface area contributed by atoms with Crippen LogP contribution in [0.15, 0.2) is 42.5 Å². The smallest absolute Gasteiger partial charge is 0.245 e. The van der Waals surface area contributed by atoms with Gasteiger partial charge in [0, 0.05) is 6.04 Å². The highest BCUT2D eigenvalue weighted by molar-refractivity contribution is 5.92. The Bertz CT molecular complexity index is 845. The number of carbonyl (C=O) groups excluding carboxylic acids is 2. The van der Waals surface area contributed by atoms with Crippen molar-refractivity contribution < 1.29 is 14.7 Å². The number of hydrogen-bond donors (Lipinski definition) is 3. The molecular weight excluding hydrogens is 340 g/mol. The van der Waals surface area contributed by atoms with Crippen LogP contribution in [0.2, 0.25) is 0 Å². The van der Waals surface area contributed by atoms with E-state index in [0.717, 1.165) is 28.7 Å². The lowest BCUT2D eigenvalue weighted by molar-refractivity contribution is -0.130. The maximum atomic E-state index is 12.5. The number of aliphatic hydroxyl groups excluding tert-OH is 1. The number of amides is 2. The van der Waals surface area contributed by atoms with Crippen LogP contribution in [0.3, 0.4) is 0 Å². The first kappa shape index (κ1) is 18.0. The third kappa shape index (κ3) is 3.83. The van der Waals surface area contributed by atoms with Gasteiger partial charge in [-0.1, -0.05) is 48.9 Å². The largest absolute Gasteiger partial charge is 0.394 e. The van der Waals surface area contributed by atoms with E-state index in [9.17, 15) is 14.7 Å². The fourth-order valence-electron chi connectivity index (χ4n) is 4.76. The molecule has 27 heavy (non-hydrogen) atoms. The van der Waals surface area contributed by atoms with E-state index in [1.807, 2.05) is 42.5 Å². The molecule has 5 heteroatoms. The highest BCUT2D eigenvalue weighted by Gasteiger charge is 2.40. The monoisotopic (exact) mass is 366 g/mol. The first-order valence-electron chi connectivity index (χ1n) is 9.81. The zero-order chi connectivity index (χ0) is 18.8. The standard InChI is InChI=1S/C22H26N2O3/c25-13-20(22(27)24-19-11-14-8-9-17(19)10-14)23-21(26)12-16-6-3-5-15-4-1-2-7-18(15)16/h1-7,14,17,19-20,25H,8-13H2,(H,23,26)(H,24,27)/t14?,17?,19?,20-/m0/s1. The van der Waals surface area contributed by atoms with Crippen molar-refractivity contribution in [2.24, 2.45) is 11.8 Å². The molecule has 2 aromatic rings. The highest BCUT2D eigenvalue weighted by Crippen LogP contribution is 2.44. The van der Waals surface area contributed by atoms with Crippen molar-refractivity contribution in [2.45, 2.75) is 44.2 Å². The summed E-state index contributed by atoms with van der Waals surface area (Å²) < 4.78 is 0. The number of benzene rings is 2. The van der Waals surface area contributed by atoms with Gasteiger partial charge in [-0.05, 0) is 47.4 Å². The molecular formula is C22H26N2O3. The maximum Gasteiger partial charge on any atom is 0.245 e. The van der Waals surface area contributed by atoms with Gasteiger partial charge in [0.1, 0.15) is 6.04 Å². The van der Waals surface area contributed by atoms with Crippen molar-refractivity contribution in [1.29, 1.82) is 0 Å². The number of aliphatic hydroxyl groups is 1. The average molecular weight is 366 g/mol. The average Bonchev–Trinajstić information content (AvgIpc) is 3.29. The van der Waals surface area contributed by atoms with Crippen LogP contribution in [0, 0.1) is 11.8 Å². The molecule has 2 aliphatic rings. The Kier molecular flexibility index (Phi) is 5.12. The van der Waals surface area contributed by atoms with E-state index in [1.165, 1.54) is 19.3 Å². The lowest BCUT2D eigenvalue weighted by Crippen LogP contribution is -2.52. The third-order valence-electron chi connectivity index (χ3n) is 6.13. The molecule has 2 amide bonds. The Morgan fingerprint density at radius 1 is 1.07 bits per heavy atom. The fraction of sp³-hybridized carbons (Fsp3) is 0.455. The number of nitrogens with one attached hydrogen (secondary N) is 2. The van der Waals surface area contributed by atoms with Gasteiger partial charge in [-0.3, -0.25) is 9.59 Å². The van der Waals surface area contributed by atoms with Gasteiger partial charge < -0.3 is 15.7 Å². The van der Waals surface area contributed by atoms with E-state index in [1.54, 1.807) is 0 Å². The van der Waals surface area contributed by atoms with E-state index in [-0.39, 0.29) is 24.3 Å². The number of carbonyl (C=O) groups is 2. The van der Waals surface area contributed by atoms with Crippen LogP contribution in [0.4, 0.5) is 0 Å². The molecule has 0 saturated heterocycles. The minimum absolute atomic E-state index is 0.180.